The molecule has 41 heavy (non-hydrogen) atoms. The predicted molar refractivity (Wildman–Crippen MR) is 162 cm³/mol. The van der Waals surface area contributed by atoms with Gasteiger partial charge in [0, 0.05) is 6.42 Å². The van der Waals surface area contributed by atoms with Crippen LogP contribution in [0.3, 0.4) is 0 Å². The third-order valence-corrected chi connectivity index (χ3v) is 7.31. The second kappa shape index (κ2) is 23.2. The summed E-state index contributed by atoms with van der Waals surface area (Å²) in [6.45, 7) is 9.49. The molecule has 1 aliphatic rings. The fourth-order valence-corrected chi connectivity index (χ4v) is 4.71. The molecule has 1 rings (SSSR count). The Morgan fingerprint density at radius 3 is 2.41 bits per heavy atom. The lowest BCUT2D eigenvalue weighted by atomic mass is 9.87. The van der Waals surface area contributed by atoms with Crippen LogP contribution < -0.4 is 0 Å². The molecule has 0 aromatic heterocycles. The van der Waals surface area contributed by atoms with E-state index in [0.29, 0.717) is 12.8 Å². The van der Waals surface area contributed by atoms with E-state index >= 15 is 0 Å². The molecule has 0 saturated heterocycles. The number of carbonyl (C=O) groups excluding carboxylic acids is 2. The van der Waals surface area contributed by atoms with E-state index in [9.17, 15) is 24.7 Å². The van der Waals surface area contributed by atoms with E-state index in [2.05, 4.69) is 44.2 Å². The number of esters is 2. The van der Waals surface area contributed by atoms with Gasteiger partial charge in [0.2, 0.25) is 0 Å². The first-order valence-electron chi connectivity index (χ1n) is 15.0. The maximum absolute atomic E-state index is 11.6. The summed E-state index contributed by atoms with van der Waals surface area (Å²) in [5, 5.41) is 31.1. The number of nitrogens with zero attached hydrogens (tertiary/aromatic N) is 1. The highest BCUT2D eigenvalue weighted by atomic mass is 16.5. The van der Waals surface area contributed by atoms with Gasteiger partial charge in [-0.15, -0.1) is 0 Å². The number of rotatable bonds is 18. The Hall–Kier alpha value is -2.36. The van der Waals surface area contributed by atoms with Crippen molar-refractivity contribution in [1.82, 2.24) is 0 Å². The van der Waals surface area contributed by atoms with Gasteiger partial charge in [0.1, 0.15) is 12.1 Å². The van der Waals surface area contributed by atoms with Crippen LogP contribution in [-0.4, -0.2) is 65.8 Å². The van der Waals surface area contributed by atoms with Crippen LogP contribution >= 0.6 is 0 Å². The zero-order chi connectivity index (χ0) is 31.2. The van der Waals surface area contributed by atoms with Crippen LogP contribution in [0.5, 0.6) is 0 Å². The Balaban J connectivity index is 0.000000782. The van der Waals surface area contributed by atoms with E-state index in [4.69, 9.17) is 14.6 Å². The molecule has 5 atom stereocenters. The van der Waals surface area contributed by atoms with E-state index in [1.165, 1.54) is 23.8 Å². The molecule has 9 nitrogen and oxygen atoms in total. The summed E-state index contributed by atoms with van der Waals surface area (Å²) in [5.74, 6) is -0.765. The van der Waals surface area contributed by atoms with Crippen LogP contribution in [-0.2, 0) is 19.1 Å². The molecule has 0 aromatic carbocycles. The highest BCUT2D eigenvalue weighted by molar-refractivity contribution is 5.72. The molecule has 5 unspecified atom stereocenters. The van der Waals surface area contributed by atoms with Crippen molar-refractivity contribution in [3.63, 3.8) is 0 Å². The molecule has 0 heterocycles. The number of carbonyl (C=O) groups is 2. The fourth-order valence-electron chi connectivity index (χ4n) is 4.71. The van der Waals surface area contributed by atoms with Crippen molar-refractivity contribution in [1.29, 1.82) is 0 Å². The number of aliphatic hydroxyl groups is 3. The van der Waals surface area contributed by atoms with Crippen LogP contribution in [0.2, 0.25) is 0 Å². The first kappa shape index (κ1) is 38.6. The molecule has 0 radical (unpaired) electrons. The van der Waals surface area contributed by atoms with Gasteiger partial charge >= 0.3 is 11.9 Å². The van der Waals surface area contributed by atoms with E-state index in [-0.39, 0.29) is 37.3 Å². The van der Waals surface area contributed by atoms with Crippen molar-refractivity contribution in [2.45, 2.75) is 123 Å². The molecule has 0 aliphatic heterocycles. The number of methoxy groups -OCH3 is 1. The van der Waals surface area contributed by atoms with E-state index in [1.807, 2.05) is 0 Å². The van der Waals surface area contributed by atoms with Gasteiger partial charge in [-0.1, -0.05) is 54.0 Å². The van der Waals surface area contributed by atoms with Gasteiger partial charge in [-0.25, -0.2) is 0 Å². The quantitative estimate of drug-likeness (QED) is 0.102. The summed E-state index contributed by atoms with van der Waals surface area (Å²) < 4.78 is 9.80. The maximum atomic E-state index is 11.6. The second-order valence-electron chi connectivity index (χ2n) is 11.0. The maximum Gasteiger partial charge on any atom is 0.308 e. The number of allylic oxidation sites excluding steroid dienone is 6. The molecular weight excluding hydrogens is 526 g/mol. The second-order valence-corrected chi connectivity index (χ2v) is 11.0. The zero-order valence-electron chi connectivity index (χ0n) is 26.1. The lowest BCUT2D eigenvalue weighted by Crippen LogP contribution is -2.36. The largest absolute Gasteiger partial charge is 0.469 e. The third-order valence-electron chi connectivity index (χ3n) is 7.31. The smallest absolute Gasteiger partial charge is 0.308 e. The summed E-state index contributed by atoms with van der Waals surface area (Å²) in [5.41, 5.74) is 4.28. The number of ether oxygens (including phenoxy) is 2. The van der Waals surface area contributed by atoms with Crippen molar-refractivity contribution >= 4 is 11.9 Å². The van der Waals surface area contributed by atoms with Crippen LogP contribution in [0.25, 0.3) is 0 Å². The normalized spacial score (nSPS) is 18.0. The Labute approximate surface area is 247 Å². The van der Waals surface area contributed by atoms with Crippen LogP contribution in [0, 0.1) is 16.7 Å². The van der Waals surface area contributed by atoms with Gasteiger partial charge in [0.15, 0.2) is 0 Å². The lowest BCUT2D eigenvalue weighted by molar-refractivity contribution is -0.146. The number of nitroso groups, excluding NO2 is 1. The summed E-state index contributed by atoms with van der Waals surface area (Å²) in [6.07, 6.45) is 13.7. The Morgan fingerprint density at radius 2 is 1.85 bits per heavy atom. The van der Waals surface area contributed by atoms with Gasteiger partial charge in [-0.3, -0.25) is 9.59 Å². The topological polar surface area (TPSA) is 143 Å². The Kier molecular flexibility index (Phi) is 21.9. The molecule has 0 bridgehead atoms. The van der Waals surface area contributed by atoms with Crippen LogP contribution in [0.15, 0.2) is 40.1 Å². The van der Waals surface area contributed by atoms with Crippen LogP contribution in [0.1, 0.15) is 105 Å². The van der Waals surface area contributed by atoms with Gasteiger partial charge in [-0.2, -0.15) is 4.91 Å². The van der Waals surface area contributed by atoms with Gasteiger partial charge in [-0.05, 0) is 90.9 Å². The third kappa shape index (κ3) is 17.9. The molecule has 0 fully saturated rings. The molecule has 3 N–H and O–H groups in total. The molecule has 9 heteroatoms. The van der Waals surface area contributed by atoms with Crippen molar-refractivity contribution in [2.75, 3.05) is 20.3 Å². The minimum absolute atomic E-state index is 0.0472. The molecule has 1 aliphatic carbocycles. The van der Waals surface area contributed by atoms with Gasteiger partial charge in [0.05, 0.1) is 32.3 Å². The number of hydrogen-bond acceptors (Lipinski definition) is 9. The highest BCUT2D eigenvalue weighted by Crippen LogP contribution is 2.28. The molecular formula is C32H55NO8. The lowest BCUT2D eigenvalue weighted by Gasteiger charge is -2.26. The average Bonchev–Trinajstić information content (AvgIpc) is 2.96. The van der Waals surface area contributed by atoms with Crippen molar-refractivity contribution in [2.24, 2.45) is 17.0 Å². The summed E-state index contributed by atoms with van der Waals surface area (Å²) >= 11 is 0. The number of aliphatic hydroxyl groups excluding tert-OH is 3. The van der Waals surface area contributed by atoms with Gasteiger partial charge in [0.25, 0.3) is 0 Å². The van der Waals surface area contributed by atoms with E-state index < -0.39 is 30.8 Å². The predicted octanol–water partition coefficient (Wildman–Crippen LogP) is 5.95. The molecule has 0 aromatic rings. The Morgan fingerprint density at radius 1 is 1.15 bits per heavy atom. The Bertz CT molecular complexity index is 847. The van der Waals surface area contributed by atoms with Gasteiger partial charge < -0.3 is 24.8 Å². The summed E-state index contributed by atoms with van der Waals surface area (Å²) in [6, 6.07) is -1.03. The SMILES string of the molecule is CCC(=O)OCCC(CC(O)CC)C(N=O)C(O)CO.COC(=O)C1CCC=C(CC/C=C(\C)CCC=C(C)C)C1. The minimum atomic E-state index is -1.27. The molecule has 0 spiro atoms. The zero-order valence-corrected chi connectivity index (χ0v) is 26.1. The molecule has 0 amide bonds. The molecule has 0 saturated carbocycles. The standard InChI is InChI=1S/C19H30O2.C13H25NO6/c1-15(2)8-5-9-16(3)10-6-11-17-12-7-13-18(14-17)19(20)21-4;1-3-10(16)7-9(5-6-20-12(18)4-2)13(14-19)11(17)8-15/h8,10,12,18H,5-7,9,11,13-14H2,1-4H3;9-11,13,15-17H,3-8H2,1-2H3/b16-10+;. The van der Waals surface area contributed by atoms with Crippen LogP contribution in [0.4, 0.5) is 0 Å². The summed E-state index contributed by atoms with van der Waals surface area (Å²) in [4.78, 5) is 33.5. The van der Waals surface area contributed by atoms with Crippen molar-refractivity contribution in [3.05, 3.63) is 39.9 Å². The average molecular weight is 582 g/mol. The van der Waals surface area contributed by atoms with Crippen molar-refractivity contribution in [3.8, 4) is 0 Å². The van der Waals surface area contributed by atoms with E-state index in [0.717, 1.165) is 44.9 Å². The number of hydrogen-bond donors (Lipinski definition) is 3. The first-order chi connectivity index (χ1) is 19.5. The molecule has 236 valence electrons. The monoisotopic (exact) mass is 581 g/mol. The first-order valence-corrected chi connectivity index (χ1v) is 15.0. The highest BCUT2D eigenvalue weighted by Gasteiger charge is 2.30. The minimum Gasteiger partial charge on any atom is -0.469 e. The van der Waals surface area contributed by atoms with E-state index in [1.54, 1.807) is 13.8 Å². The fraction of sp³-hybridized carbons (Fsp3) is 0.750. The summed E-state index contributed by atoms with van der Waals surface area (Å²) in [7, 11) is 1.49. The van der Waals surface area contributed by atoms with Crippen molar-refractivity contribution < 1.29 is 34.4 Å².